The van der Waals surface area contributed by atoms with Crippen molar-refractivity contribution in [1.29, 1.82) is 0 Å². The van der Waals surface area contributed by atoms with Crippen molar-refractivity contribution in [3.63, 3.8) is 0 Å². The lowest BCUT2D eigenvalue weighted by Gasteiger charge is -2.13. The van der Waals surface area contributed by atoms with E-state index >= 15 is 0 Å². The van der Waals surface area contributed by atoms with E-state index in [0.717, 1.165) is 34.1 Å². The van der Waals surface area contributed by atoms with Crippen molar-refractivity contribution in [2.75, 3.05) is 0 Å². The molecular weight excluding hydrogens is 435 g/mol. The molecule has 0 saturated heterocycles. The highest BCUT2D eigenvalue weighted by molar-refractivity contribution is 7.17. The number of amides is 1. The van der Waals surface area contributed by atoms with Crippen molar-refractivity contribution in [2.45, 2.75) is 19.3 Å². The number of thiophene rings is 1. The van der Waals surface area contributed by atoms with Crippen LogP contribution in [0.1, 0.15) is 11.3 Å². The first-order valence-corrected chi connectivity index (χ1v) is 9.83. The Balaban J connectivity index is 1.77. The van der Waals surface area contributed by atoms with Gasteiger partial charge in [-0.25, -0.2) is 9.36 Å². The van der Waals surface area contributed by atoms with Crippen LogP contribution in [-0.4, -0.2) is 15.0 Å². The summed E-state index contributed by atoms with van der Waals surface area (Å²) in [4.78, 5) is 38.3. The summed E-state index contributed by atoms with van der Waals surface area (Å²) in [6, 6.07) is 8.76. The Bertz CT molecular complexity index is 1370. The van der Waals surface area contributed by atoms with Crippen molar-refractivity contribution in [3.8, 4) is 5.69 Å². The molecule has 0 atom stereocenters. The summed E-state index contributed by atoms with van der Waals surface area (Å²) >= 11 is 1.03. The molecule has 0 bridgehead atoms. The molecule has 4 rings (SSSR count). The lowest BCUT2D eigenvalue weighted by molar-refractivity contribution is -0.137. The predicted molar refractivity (Wildman–Crippen MR) is 107 cm³/mol. The molecule has 3 heterocycles. The molecule has 0 spiro atoms. The Kier molecular flexibility index (Phi) is 5.27. The topological polar surface area (TPSA) is 86.2 Å². The van der Waals surface area contributed by atoms with Crippen molar-refractivity contribution >= 4 is 27.5 Å². The molecule has 31 heavy (non-hydrogen) atoms. The summed E-state index contributed by atoms with van der Waals surface area (Å²) in [6.07, 6.45) is -3.19. The van der Waals surface area contributed by atoms with Crippen LogP contribution in [0.2, 0.25) is 0 Å². The fourth-order valence-electron chi connectivity index (χ4n) is 3.09. The Hall–Kier alpha value is -3.60. The van der Waals surface area contributed by atoms with Gasteiger partial charge < -0.3 is 9.73 Å². The van der Waals surface area contributed by atoms with Gasteiger partial charge in [0.2, 0.25) is 5.91 Å². The van der Waals surface area contributed by atoms with Crippen LogP contribution in [0.3, 0.4) is 0 Å². The van der Waals surface area contributed by atoms with E-state index in [9.17, 15) is 27.6 Å². The van der Waals surface area contributed by atoms with Gasteiger partial charge in [-0.3, -0.25) is 14.2 Å². The minimum atomic E-state index is -4.64. The number of nitrogens with zero attached hydrogens (tertiary/aromatic N) is 2. The minimum absolute atomic E-state index is 0.0978. The summed E-state index contributed by atoms with van der Waals surface area (Å²) < 4.78 is 46.3. The van der Waals surface area contributed by atoms with E-state index in [0.29, 0.717) is 10.3 Å². The predicted octanol–water partition coefficient (Wildman–Crippen LogP) is 3.14. The first-order chi connectivity index (χ1) is 14.8. The largest absolute Gasteiger partial charge is 0.467 e. The maximum absolute atomic E-state index is 13.1. The number of benzene rings is 1. The van der Waals surface area contributed by atoms with Crippen molar-refractivity contribution in [1.82, 2.24) is 14.5 Å². The summed E-state index contributed by atoms with van der Waals surface area (Å²) in [5.74, 6) is -0.0180. The second-order valence-electron chi connectivity index (χ2n) is 6.55. The second kappa shape index (κ2) is 7.91. The van der Waals surface area contributed by atoms with E-state index in [1.165, 1.54) is 18.4 Å². The minimum Gasteiger partial charge on any atom is -0.467 e. The molecule has 0 aliphatic rings. The smallest absolute Gasteiger partial charge is 0.416 e. The van der Waals surface area contributed by atoms with Gasteiger partial charge in [-0.15, -0.1) is 11.3 Å². The Morgan fingerprint density at radius 1 is 1.13 bits per heavy atom. The van der Waals surface area contributed by atoms with Gasteiger partial charge in [-0.05, 0) is 41.8 Å². The molecule has 3 aromatic heterocycles. The Labute approximate surface area is 176 Å². The molecule has 160 valence electrons. The summed E-state index contributed by atoms with van der Waals surface area (Å²) in [5, 5.41) is 4.16. The zero-order valence-electron chi connectivity index (χ0n) is 15.7. The molecule has 0 fully saturated rings. The molecule has 0 unspecified atom stereocenters. The zero-order valence-corrected chi connectivity index (χ0v) is 16.5. The lowest BCUT2D eigenvalue weighted by Crippen LogP contribution is -2.41. The van der Waals surface area contributed by atoms with Crippen molar-refractivity contribution < 1.29 is 22.4 Å². The van der Waals surface area contributed by atoms with Crippen LogP contribution in [0.5, 0.6) is 0 Å². The molecule has 11 heteroatoms. The van der Waals surface area contributed by atoms with Gasteiger partial charge in [0.15, 0.2) is 0 Å². The molecular formula is C20H14F3N3O4S. The van der Waals surface area contributed by atoms with E-state index in [1.54, 1.807) is 17.5 Å². The number of carbonyl (C=O) groups is 1. The molecule has 1 aromatic carbocycles. The molecule has 0 aliphatic heterocycles. The van der Waals surface area contributed by atoms with E-state index < -0.39 is 35.4 Å². The van der Waals surface area contributed by atoms with Gasteiger partial charge in [-0.1, -0.05) is 6.07 Å². The number of hydrogen-bond donors (Lipinski definition) is 1. The first-order valence-electron chi connectivity index (χ1n) is 8.95. The molecule has 7 nitrogen and oxygen atoms in total. The third kappa shape index (κ3) is 4.04. The highest BCUT2D eigenvalue weighted by Gasteiger charge is 2.31. The number of furan rings is 1. The van der Waals surface area contributed by atoms with Gasteiger partial charge in [0.05, 0.1) is 29.6 Å². The van der Waals surface area contributed by atoms with Crippen molar-refractivity contribution in [3.05, 3.63) is 86.3 Å². The number of aromatic nitrogens is 2. The highest BCUT2D eigenvalue weighted by atomic mass is 32.1. The average Bonchev–Trinajstić information content (AvgIpc) is 3.41. The molecule has 0 aliphatic carbocycles. The van der Waals surface area contributed by atoms with Crippen molar-refractivity contribution in [2.24, 2.45) is 0 Å². The van der Waals surface area contributed by atoms with Gasteiger partial charge in [0, 0.05) is 0 Å². The van der Waals surface area contributed by atoms with Gasteiger partial charge >= 0.3 is 11.9 Å². The number of halogens is 3. The third-order valence-electron chi connectivity index (χ3n) is 4.53. The van der Waals surface area contributed by atoms with Crippen LogP contribution in [0.4, 0.5) is 13.2 Å². The maximum atomic E-state index is 13.1. The summed E-state index contributed by atoms with van der Waals surface area (Å²) in [7, 11) is 0. The maximum Gasteiger partial charge on any atom is 0.416 e. The summed E-state index contributed by atoms with van der Waals surface area (Å²) in [6.45, 7) is -0.327. The van der Waals surface area contributed by atoms with E-state index in [1.807, 2.05) is 0 Å². The van der Waals surface area contributed by atoms with Crippen LogP contribution in [0.25, 0.3) is 15.9 Å². The molecule has 1 amide bonds. The monoisotopic (exact) mass is 449 g/mol. The zero-order chi connectivity index (χ0) is 22.2. The van der Waals surface area contributed by atoms with E-state index in [2.05, 4.69) is 5.32 Å². The van der Waals surface area contributed by atoms with Gasteiger partial charge in [0.1, 0.15) is 17.0 Å². The Morgan fingerprint density at radius 3 is 2.65 bits per heavy atom. The van der Waals surface area contributed by atoms with Crippen LogP contribution < -0.4 is 16.6 Å². The number of alkyl halides is 3. The average molecular weight is 449 g/mol. The van der Waals surface area contributed by atoms with Crippen LogP contribution in [0.15, 0.2) is 68.1 Å². The van der Waals surface area contributed by atoms with Gasteiger partial charge in [0.25, 0.3) is 5.56 Å². The number of fused-ring (bicyclic) bond motifs is 1. The lowest BCUT2D eigenvalue weighted by atomic mass is 10.2. The van der Waals surface area contributed by atoms with Crippen LogP contribution in [0, 0.1) is 0 Å². The van der Waals surface area contributed by atoms with Gasteiger partial charge in [-0.2, -0.15) is 13.2 Å². The number of rotatable bonds is 5. The number of carbonyl (C=O) groups excluding carboxylic acids is 1. The Morgan fingerprint density at radius 2 is 1.94 bits per heavy atom. The summed E-state index contributed by atoms with van der Waals surface area (Å²) in [5.41, 5.74) is -2.66. The standard InChI is InChI=1S/C20H14F3N3O4S/c21-20(22,23)12-3-1-4-13(9-12)26-18(28)17-15(6-8-31-17)25(19(26)29)11-16(27)24-10-14-5-2-7-30-14/h1-9H,10-11H2,(H,24,27). The fraction of sp³-hybridized carbons (Fsp3) is 0.150. The fourth-order valence-corrected chi connectivity index (χ4v) is 3.91. The van der Waals surface area contributed by atoms with Crippen LogP contribution >= 0.6 is 11.3 Å². The SMILES string of the molecule is O=C(Cn1c(=O)n(-c2cccc(C(F)(F)F)c2)c(=O)c2sccc21)NCc1ccco1. The number of hydrogen-bond acceptors (Lipinski definition) is 5. The molecule has 4 aromatic rings. The highest BCUT2D eigenvalue weighted by Crippen LogP contribution is 2.30. The first kappa shape index (κ1) is 20.7. The molecule has 1 N–H and O–H groups in total. The van der Waals surface area contributed by atoms with E-state index in [4.69, 9.17) is 4.42 Å². The molecule has 0 radical (unpaired) electrons. The van der Waals surface area contributed by atoms with E-state index in [-0.39, 0.29) is 22.4 Å². The molecule has 0 saturated carbocycles. The van der Waals surface area contributed by atoms with Crippen LogP contribution in [-0.2, 0) is 24.1 Å². The normalized spacial score (nSPS) is 11.7. The third-order valence-corrected chi connectivity index (χ3v) is 5.42. The number of nitrogens with one attached hydrogen (secondary N) is 1. The quantitative estimate of drug-likeness (QED) is 0.507. The second-order valence-corrected chi connectivity index (χ2v) is 7.46.